The summed E-state index contributed by atoms with van der Waals surface area (Å²) in [4.78, 5) is 8.16. The Balaban J connectivity index is 2.62. The molecule has 3 nitrogen and oxygen atoms in total. The maximum atomic E-state index is 5.62. The maximum absolute atomic E-state index is 5.62. The highest BCUT2D eigenvalue weighted by molar-refractivity contribution is 7.07. The standard InChI is InChI=1S/C7H11N3S/c1-2-3-9-7(8)6-4-11-5-10-6/h4-5H,2-3H2,1H3,(H2,8,9). The first-order chi connectivity index (χ1) is 5.34. The average molecular weight is 169 g/mol. The van der Waals surface area contributed by atoms with Crippen molar-refractivity contribution in [1.82, 2.24) is 4.98 Å². The monoisotopic (exact) mass is 169 g/mol. The summed E-state index contributed by atoms with van der Waals surface area (Å²) in [5, 5.41) is 1.90. The van der Waals surface area contributed by atoms with Gasteiger partial charge in [-0.3, -0.25) is 4.99 Å². The highest BCUT2D eigenvalue weighted by Gasteiger charge is 1.97. The molecule has 0 aliphatic rings. The van der Waals surface area contributed by atoms with Crippen molar-refractivity contribution < 1.29 is 0 Å². The molecule has 4 heteroatoms. The van der Waals surface area contributed by atoms with Crippen molar-refractivity contribution >= 4 is 17.2 Å². The lowest BCUT2D eigenvalue weighted by Crippen LogP contribution is -2.14. The van der Waals surface area contributed by atoms with E-state index < -0.39 is 0 Å². The molecule has 0 aliphatic carbocycles. The molecule has 1 aromatic heterocycles. The van der Waals surface area contributed by atoms with Crippen LogP contribution in [0.2, 0.25) is 0 Å². The van der Waals surface area contributed by atoms with Crippen molar-refractivity contribution in [2.24, 2.45) is 10.7 Å². The van der Waals surface area contributed by atoms with Gasteiger partial charge in [-0.15, -0.1) is 11.3 Å². The van der Waals surface area contributed by atoms with Gasteiger partial charge in [-0.25, -0.2) is 4.98 Å². The van der Waals surface area contributed by atoms with Crippen LogP contribution in [0.25, 0.3) is 0 Å². The van der Waals surface area contributed by atoms with Crippen molar-refractivity contribution in [3.8, 4) is 0 Å². The van der Waals surface area contributed by atoms with E-state index in [0.717, 1.165) is 18.7 Å². The van der Waals surface area contributed by atoms with Gasteiger partial charge < -0.3 is 5.73 Å². The Labute approximate surface area is 70.0 Å². The van der Waals surface area contributed by atoms with E-state index in [-0.39, 0.29) is 0 Å². The maximum Gasteiger partial charge on any atom is 0.145 e. The normalized spacial score (nSPS) is 11.9. The fourth-order valence-corrected chi connectivity index (χ4v) is 1.20. The fraction of sp³-hybridized carbons (Fsp3) is 0.429. The first-order valence-electron chi connectivity index (χ1n) is 3.53. The van der Waals surface area contributed by atoms with Crippen molar-refractivity contribution in [2.45, 2.75) is 13.3 Å². The summed E-state index contributed by atoms with van der Waals surface area (Å²) in [6.45, 7) is 2.85. The Morgan fingerprint density at radius 2 is 2.64 bits per heavy atom. The van der Waals surface area contributed by atoms with Crippen molar-refractivity contribution in [2.75, 3.05) is 6.54 Å². The summed E-state index contributed by atoms with van der Waals surface area (Å²) in [5.41, 5.74) is 8.17. The highest BCUT2D eigenvalue weighted by Crippen LogP contribution is 1.99. The summed E-state index contributed by atoms with van der Waals surface area (Å²) in [7, 11) is 0. The van der Waals surface area contributed by atoms with Gasteiger partial charge in [0, 0.05) is 11.9 Å². The van der Waals surface area contributed by atoms with Crippen LogP contribution < -0.4 is 5.73 Å². The quantitative estimate of drug-likeness (QED) is 0.547. The van der Waals surface area contributed by atoms with Gasteiger partial charge in [0.25, 0.3) is 0 Å². The van der Waals surface area contributed by atoms with Crippen LogP contribution in [-0.2, 0) is 0 Å². The molecule has 1 aromatic rings. The van der Waals surface area contributed by atoms with E-state index in [1.54, 1.807) is 5.51 Å². The third-order valence-corrected chi connectivity index (χ3v) is 1.79. The van der Waals surface area contributed by atoms with Gasteiger partial charge in [0.15, 0.2) is 0 Å². The number of aromatic nitrogens is 1. The van der Waals surface area contributed by atoms with E-state index in [2.05, 4.69) is 16.9 Å². The second-order valence-electron chi connectivity index (χ2n) is 2.14. The smallest absolute Gasteiger partial charge is 0.145 e. The number of nitrogens with zero attached hydrogens (tertiary/aromatic N) is 2. The van der Waals surface area contributed by atoms with Crippen molar-refractivity contribution in [3.63, 3.8) is 0 Å². The van der Waals surface area contributed by atoms with Gasteiger partial charge in [-0.1, -0.05) is 6.92 Å². The molecule has 0 aromatic carbocycles. The summed E-state index contributed by atoms with van der Waals surface area (Å²) in [6, 6.07) is 0. The molecule has 60 valence electrons. The van der Waals surface area contributed by atoms with Crippen LogP contribution in [0.3, 0.4) is 0 Å². The van der Waals surface area contributed by atoms with Gasteiger partial charge in [-0.05, 0) is 6.42 Å². The second kappa shape index (κ2) is 4.08. The Kier molecular flexibility index (Phi) is 3.04. The van der Waals surface area contributed by atoms with Crippen LogP contribution in [0.5, 0.6) is 0 Å². The van der Waals surface area contributed by atoms with Gasteiger partial charge in [0.1, 0.15) is 11.5 Å². The molecule has 0 spiro atoms. The Morgan fingerprint density at radius 3 is 3.18 bits per heavy atom. The van der Waals surface area contributed by atoms with E-state index in [4.69, 9.17) is 5.73 Å². The minimum atomic E-state index is 0.549. The Hall–Kier alpha value is -0.900. The zero-order valence-electron chi connectivity index (χ0n) is 6.45. The van der Waals surface area contributed by atoms with Crippen LogP contribution in [0.15, 0.2) is 15.9 Å². The number of nitrogens with two attached hydrogens (primary N) is 1. The van der Waals surface area contributed by atoms with Crippen LogP contribution >= 0.6 is 11.3 Å². The molecule has 0 saturated carbocycles. The number of amidine groups is 1. The predicted molar refractivity (Wildman–Crippen MR) is 48.0 cm³/mol. The lowest BCUT2D eigenvalue weighted by molar-refractivity contribution is 0.929. The Morgan fingerprint density at radius 1 is 1.82 bits per heavy atom. The van der Waals surface area contributed by atoms with Crippen molar-refractivity contribution in [3.05, 3.63) is 16.6 Å². The van der Waals surface area contributed by atoms with Crippen molar-refractivity contribution in [1.29, 1.82) is 0 Å². The minimum Gasteiger partial charge on any atom is -0.382 e. The number of hydrogen-bond acceptors (Lipinski definition) is 3. The van der Waals surface area contributed by atoms with Gasteiger partial charge >= 0.3 is 0 Å². The van der Waals surface area contributed by atoms with Crippen LogP contribution in [0.1, 0.15) is 19.0 Å². The molecule has 0 bridgehead atoms. The summed E-state index contributed by atoms with van der Waals surface area (Å²) in [5.74, 6) is 0.549. The average Bonchev–Trinajstić information content (AvgIpc) is 2.52. The molecule has 1 rings (SSSR count). The van der Waals surface area contributed by atoms with Gasteiger partial charge in [-0.2, -0.15) is 0 Å². The number of hydrogen-bond donors (Lipinski definition) is 1. The topological polar surface area (TPSA) is 51.3 Å². The molecular formula is C7H11N3S. The molecule has 0 saturated heterocycles. The van der Waals surface area contributed by atoms with Gasteiger partial charge in [0.2, 0.25) is 0 Å². The minimum absolute atomic E-state index is 0.549. The zero-order valence-corrected chi connectivity index (χ0v) is 7.27. The third kappa shape index (κ3) is 2.31. The molecular weight excluding hydrogens is 158 g/mol. The molecule has 0 radical (unpaired) electrons. The molecule has 11 heavy (non-hydrogen) atoms. The summed E-state index contributed by atoms with van der Waals surface area (Å²) >= 11 is 1.53. The molecule has 0 unspecified atom stereocenters. The first-order valence-corrected chi connectivity index (χ1v) is 4.47. The van der Waals surface area contributed by atoms with Gasteiger partial charge in [0.05, 0.1) is 5.51 Å². The number of aliphatic imine (C=N–C) groups is 1. The number of rotatable bonds is 3. The first kappa shape index (κ1) is 8.20. The van der Waals surface area contributed by atoms with E-state index in [1.165, 1.54) is 11.3 Å². The van der Waals surface area contributed by atoms with E-state index in [0.29, 0.717) is 5.84 Å². The largest absolute Gasteiger partial charge is 0.382 e. The highest BCUT2D eigenvalue weighted by atomic mass is 32.1. The molecule has 0 atom stereocenters. The molecule has 0 aliphatic heterocycles. The number of thiazole rings is 1. The van der Waals surface area contributed by atoms with Crippen LogP contribution in [0.4, 0.5) is 0 Å². The fourth-order valence-electron chi connectivity index (χ4n) is 0.652. The van der Waals surface area contributed by atoms with E-state index in [1.807, 2.05) is 5.38 Å². The van der Waals surface area contributed by atoms with E-state index in [9.17, 15) is 0 Å². The third-order valence-electron chi connectivity index (χ3n) is 1.20. The zero-order chi connectivity index (χ0) is 8.10. The molecule has 2 N–H and O–H groups in total. The summed E-state index contributed by atoms with van der Waals surface area (Å²) in [6.07, 6.45) is 1.02. The summed E-state index contributed by atoms with van der Waals surface area (Å²) < 4.78 is 0. The van der Waals surface area contributed by atoms with E-state index >= 15 is 0 Å². The lowest BCUT2D eigenvalue weighted by atomic mass is 10.4. The molecule has 0 fully saturated rings. The second-order valence-corrected chi connectivity index (χ2v) is 2.86. The SMILES string of the molecule is CCCN=C(N)c1cscn1. The molecule has 0 amide bonds. The lowest BCUT2D eigenvalue weighted by Gasteiger charge is -1.93. The predicted octanol–water partition coefficient (Wildman–Crippen LogP) is 1.26. The Bertz CT molecular complexity index is 228. The van der Waals surface area contributed by atoms with Crippen LogP contribution in [0, 0.1) is 0 Å². The van der Waals surface area contributed by atoms with Crippen LogP contribution in [-0.4, -0.2) is 17.4 Å². The molecule has 1 heterocycles.